The third-order valence-corrected chi connectivity index (χ3v) is 6.36. The lowest BCUT2D eigenvalue weighted by Gasteiger charge is -2.28. The average Bonchev–Trinajstić information content (AvgIpc) is 3.05. The van der Waals surface area contributed by atoms with Crippen LogP contribution in [0.25, 0.3) is 0 Å². The van der Waals surface area contributed by atoms with E-state index in [1.807, 2.05) is 30.3 Å². The minimum atomic E-state index is -1.48. The van der Waals surface area contributed by atoms with Gasteiger partial charge in [0.05, 0.1) is 34.6 Å². The lowest BCUT2D eigenvalue weighted by atomic mass is 10.00. The summed E-state index contributed by atoms with van der Waals surface area (Å²) >= 11 is 5.87. The second-order valence-electron chi connectivity index (χ2n) is 6.97. The van der Waals surface area contributed by atoms with Crippen molar-refractivity contribution in [2.75, 3.05) is 12.3 Å². The molecule has 1 N–H and O–H groups in total. The van der Waals surface area contributed by atoms with E-state index in [9.17, 15) is 17.8 Å². The maximum atomic E-state index is 14.8. The second-order valence-corrected chi connectivity index (χ2v) is 8.88. The van der Waals surface area contributed by atoms with Crippen molar-refractivity contribution in [2.24, 2.45) is 0 Å². The van der Waals surface area contributed by atoms with Crippen LogP contribution in [0.5, 0.6) is 0 Å². The summed E-state index contributed by atoms with van der Waals surface area (Å²) in [6, 6.07) is 11.9. The zero-order chi connectivity index (χ0) is 21.7. The van der Waals surface area contributed by atoms with Crippen molar-refractivity contribution in [1.82, 2.24) is 9.62 Å². The summed E-state index contributed by atoms with van der Waals surface area (Å²) in [5.74, 6) is -0.339. The van der Waals surface area contributed by atoms with Gasteiger partial charge in [-0.3, -0.25) is 0 Å². The van der Waals surface area contributed by atoms with Crippen molar-refractivity contribution >= 4 is 28.7 Å². The fourth-order valence-electron chi connectivity index (χ4n) is 3.44. The molecule has 1 fully saturated rings. The quantitative estimate of drug-likeness (QED) is 0.684. The van der Waals surface area contributed by atoms with Crippen LogP contribution in [0.3, 0.4) is 0 Å². The molecule has 0 bridgehead atoms. The van der Waals surface area contributed by atoms with Crippen LogP contribution in [-0.2, 0) is 28.8 Å². The zero-order valence-electron chi connectivity index (χ0n) is 16.4. The largest absolute Gasteiger partial charge is 0.445 e. The third-order valence-electron chi connectivity index (χ3n) is 5.01. The standard InChI is InChI=1S/C21H23ClF2N2O3S/c1-2-30(28)25-20-17(23)12-26(21(27)29-13-14-7-4-3-5-8-14)18(20)11-15-9-6-10-16(22)19(15)24/h3-10,17-18,20,25H,2,11-13H2,1H3/t17-,18-,20-,30?/m0/s1. The summed E-state index contributed by atoms with van der Waals surface area (Å²) in [5.41, 5.74) is 1.04. The Balaban J connectivity index is 1.81. The minimum absolute atomic E-state index is 0.00578. The number of amides is 1. The molecule has 1 saturated heterocycles. The van der Waals surface area contributed by atoms with E-state index in [4.69, 9.17) is 16.3 Å². The number of alkyl halides is 1. The van der Waals surface area contributed by atoms with Crippen LogP contribution in [0.2, 0.25) is 5.02 Å². The fourth-order valence-corrected chi connectivity index (χ4v) is 4.41. The summed E-state index contributed by atoms with van der Waals surface area (Å²) in [6.07, 6.45) is -2.18. The maximum absolute atomic E-state index is 14.8. The Labute approximate surface area is 181 Å². The molecular formula is C21H23ClF2N2O3S. The SMILES string of the molecule is CCS(=O)N[C@H]1[C@@H](F)CN(C(=O)OCc2ccccc2)[C@H]1Cc1cccc(Cl)c1F. The molecular weight excluding hydrogens is 434 g/mol. The molecule has 0 radical (unpaired) electrons. The Morgan fingerprint density at radius 1 is 1.27 bits per heavy atom. The number of carbonyl (C=O) groups is 1. The molecule has 0 saturated carbocycles. The third kappa shape index (κ3) is 5.36. The highest BCUT2D eigenvalue weighted by atomic mass is 35.5. The van der Waals surface area contributed by atoms with E-state index in [1.54, 1.807) is 13.0 Å². The fraction of sp³-hybridized carbons (Fsp3) is 0.381. The first-order chi connectivity index (χ1) is 14.4. The highest BCUT2D eigenvalue weighted by molar-refractivity contribution is 7.83. The van der Waals surface area contributed by atoms with Gasteiger partial charge >= 0.3 is 6.09 Å². The van der Waals surface area contributed by atoms with Crippen LogP contribution in [0.1, 0.15) is 18.1 Å². The molecule has 0 aliphatic carbocycles. The molecule has 1 heterocycles. The van der Waals surface area contributed by atoms with Gasteiger partial charge in [0.25, 0.3) is 0 Å². The van der Waals surface area contributed by atoms with Gasteiger partial charge in [0.1, 0.15) is 18.6 Å². The monoisotopic (exact) mass is 456 g/mol. The predicted octanol–water partition coefficient (Wildman–Crippen LogP) is 4.02. The number of ether oxygens (including phenoxy) is 1. The van der Waals surface area contributed by atoms with E-state index in [1.165, 1.54) is 17.0 Å². The second kappa shape index (κ2) is 10.3. The first-order valence-corrected chi connectivity index (χ1v) is 11.3. The number of benzene rings is 2. The highest BCUT2D eigenvalue weighted by Gasteiger charge is 2.46. The normalized spacial score (nSPS) is 22.1. The van der Waals surface area contributed by atoms with E-state index < -0.39 is 41.2 Å². The Hall–Kier alpha value is -2.03. The van der Waals surface area contributed by atoms with Gasteiger partial charge in [-0.2, -0.15) is 0 Å². The molecule has 2 aromatic carbocycles. The lowest BCUT2D eigenvalue weighted by molar-refractivity contribution is 0.0895. The van der Waals surface area contributed by atoms with Gasteiger partial charge < -0.3 is 9.64 Å². The van der Waals surface area contributed by atoms with Gasteiger partial charge in [-0.15, -0.1) is 0 Å². The van der Waals surface area contributed by atoms with Gasteiger partial charge in [-0.1, -0.05) is 61.0 Å². The summed E-state index contributed by atoms with van der Waals surface area (Å²) < 4.78 is 49.4. The molecule has 0 aromatic heterocycles. The number of halogens is 3. The zero-order valence-corrected chi connectivity index (χ0v) is 18.0. The Kier molecular flexibility index (Phi) is 7.80. The molecule has 30 heavy (non-hydrogen) atoms. The van der Waals surface area contributed by atoms with Crippen molar-refractivity contribution in [3.05, 3.63) is 70.5 Å². The van der Waals surface area contributed by atoms with Crippen LogP contribution in [0.4, 0.5) is 13.6 Å². The number of hydrogen-bond acceptors (Lipinski definition) is 3. The van der Waals surface area contributed by atoms with Crippen molar-refractivity contribution in [3.63, 3.8) is 0 Å². The molecule has 0 spiro atoms. The predicted molar refractivity (Wildman–Crippen MR) is 113 cm³/mol. The number of carbonyl (C=O) groups excluding carboxylic acids is 1. The van der Waals surface area contributed by atoms with Gasteiger partial charge in [-0.05, 0) is 23.6 Å². The summed E-state index contributed by atoms with van der Waals surface area (Å²) in [7, 11) is -1.48. The molecule has 1 aliphatic rings. The maximum Gasteiger partial charge on any atom is 0.410 e. The Bertz CT molecular complexity index is 903. The topological polar surface area (TPSA) is 58.6 Å². The van der Waals surface area contributed by atoms with E-state index in [-0.39, 0.29) is 35.9 Å². The van der Waals surface area contributed by atoms with Gasteiger partial charge in [0, 0.05) is 5.75 Å². The molecule has 162 valence electrons. The number of hydrogen-bond donors (Lipinski definition) is 1. The van der Waals surface area contributed by atoms with Crippen LogP contribution < -0.4 is 4.72 Å². The smallest absolute Gasteiger partial charge is 0.410 e. The number of nitrogens with one attached hydrogen (secondary N) is 1. The molecule has 1 amide bonds. The summed E-state index contributed by atoms with van der Waals surface area (Å²) in [6.45, 7) is 1.49. The van der Waals surface area contributed by atoms with Crippen LogP contribution >= 0.6 is 11.6 Å². The highest BCUT2D eigenvalue weighted by Crippen LogP contribution is 2.28. The van der Waals surface area contributed by atoms with Gasteiger partial charge in [-0.25, -0.2) is 22.5 Å². The first-order valence-electron chi connectivity index (χ1n) is 9.59. The number of rotatable bonds is 7. The number of nitrogens with zero attached hydrogens (tertiary/aromatic N) is 1. The molecule has 3 rings (SSSR count). The lowest BCUT2D eigenvalue weighted by Crippen LogP contribution is -2.48. The Morgan fingerprint density at radius 2 is 2.00 bits per heavy atom. The van der Waals surface area contributed by atoms with Crippen molar-refractivity contribution in [2.45, 2.75) is 38.2 Å². The summed E-state index contributed by atoms with van der Waals surface area (Å²) in [4.78, 5) is 14.0. The van der Waals surface area contributed by atoms with Crippen molar-refractivity contribution in [3.8, 4) is 0 Å². The van der Waals surface area contributed by atoms with Crippen molar-refractivity contribution < 1.29 is 22.5 Å². The summed E-state index contributed by atoms with van der Waals surface area (Å²) in [5, 5.41) is -0.0536. The van der Waals surface area contributed by atoms with E-state index in [0.717, 1.165) is 5.56 Å². The Morgan fingerprint density at radius 3 is 2.70 bits per heavy atom. The van der Waals surface area contributed by atoms with Crippen molar-refractivity contribution in [1.29, 1.82) is 0 Å². The molecule has 1 aliphatic heterocycles. The minimum Gasteiger partial charge on any atom is -0.445 e. The molecule has 1 unspecified atom stereocenters. The van der Waals surface area contributed by atoms with Crippen LogP contribution in [0.15, 0.2) is 48.5 Å². The molecule has 4 atom stereocenters. The van der Waals surface area contributed by atoms with Crippen LogP contribution in [0, 0.1) is 5.82 Å². The van der Waals surface area contributed by atoms with Gasteiger partial charge in [0.15, 0.2) is 0 Å². The van der Waals surface area contributed by atoms with E-state index in [0.29, 0.717) is 0 Å². The van der Waals surface area contributed by atoms with E-state index >= 15 is 0 Å². The first kappa shape index (κ1) is 22.7. The van der Waals surface area contributed by atoms with E-state index in [2.05, 4.69) is 4.72 Å². The van der Waals surface area contributed by atoms with Gasteiger partial charge in [0.2, 0.25) is 0 Å². The average molecular weight is 457 g/mol. The number of likely N-dealkylation sites (tertiary alicyclic amines) is 1. The molecule has 9 heteroatoms. The molecule has 2 aromatic rings. The van der Waals surface area contributed by atoms with Crippen LogP contribution in [-0.4, -0.2) is 45.8 Å². The molecule has 5 nitrogen and oxygen atoms in total.